The summed E-state index contributed by atoms with van der Waals surface area (Å²) in [7, 11) is 0. The zero-order valence-corrected chi connectivity index (χ0v) is 14.8. The van der Waals surface area contributed by atoms with Crippen LogP contribution in [0.2, 0.25) is 0 Å². The van der Waals surface area contributed by atoms with Crippen molar-refractivity contribution in [2.24, 2.45) is 0 Å². The van der Waals surface area contributed by atoms with Crippen LogP contribution in [0.3, 0.4) is 0 Å². The van der Waals surface area contributed by atoms with E-state index in [1.165, 1.54) is 10.9 Å². The SMILES string of the molecule is O=C(Cn1cc([N+](=O)[O-])cn1)Nc1ccc(-c2noc(-c3ccncc3)n2)cc1. The van der Waals surface area contributed by atoms with E-state index < -0.39 is 4.92 Å². The molecular formula is C18H13N7O4. The first-order valence-electron chi connectivity index (χ1n) is 8.40. The van der Waals surface area contributed by atoms with Crippen molar-refractivity contribution >= 4 is 17.3 Å². The van der Waals surface area contributed by atoms with Crippen LogP contribution < -0.4 is 5.32 Å². The second kappa shape index (κ2) is 7.68. The predicted octanol–water partition coefficient (Wildman–Crippen LogP) is 2.54. The lowest BCUT2D eigenvalue weighted by atomic mass is 10.2. The zero-order valence-electron chi connectivity index (χ0n) is 14.8. The van der Waals surface area contributed by atoms with Gasteiger partial charge in [-0.1, -0.05) is 5.16 Å². The monoisotopic (exact) mass is 391 g/mol. The Kier molecular flexibility index (Phi) is 4.76. The number of nitrogens with zero attached hydrogens (tertiary/aromatic N) is 6. The van der Waals surface area contributed by atoms with Crippen LogP contribution >= 0.6 is 0 Å². The van der Waals surface area contributed by atoms with Gasteiger partial charge in [0, 0.05) is 29.2 Å². The van der Waals surface area contributed by atoms with E-state index in [0.29, 0.717) is 17.4 Å². The van der Waals surface area contributed by atoms with Crippen LogP contribution in [0.1, 0.15) is 0 Å². The summed E-state index contributed by atoms with van der Waals surface area (Å²) in [5.74, 6) is 0.432. The number of pyridine rings is 1. The van der Waals surface area contributed by atoms with E-state index in [4.69, 9.17) is 4.52 Å². The molecule has 1 aromatic carbocycles. The van der Waals surface area contributed by atoms with Crippen LogP contribution in [0.5, 0.6) is 0 Å². The fraction of sp³-hybridized carbons (Fsp3) is 0.0556. The number of nitro groups is 1. The highest BCUT2D eigenvalue weighted by Gasteiger charge is 2.13. The predicted molar refractivity (Wildman–Crippen MR) is 100 cm³/mol. The third-order valence-corrected chi connectivity index (χ3v) is 3.92. The third kappa shape index (κ3) is 4.13. The minimum absolute atomic E-state index is 0.143. The Labute approximate surface area is 163 Å². The Balaban J connectivity index is 1.41. The molecule has 144 valence electrons. The fourth-order valence-corrected chi connectivity index (χ4v) is 2.54. The Morgan fingerprint density at radius 2 is 1.90 bits per heavy atom. The summed E-state index contributed by atoms with van der Waals surface area (Å²) in [5, 5.41) is 21.1. The Bertz CT molecular complexity index is 1150. The summed E-state index contributed by atoms with van der Waals surface area (Å²) in [6.07, 6.45) is 5.56. The van der Waals surface area contributed by atoms with Gasteiger partial charge in [-0.3, -0.25) is 24.6 Å². The number of aromatic nitrogens is 5. The lowest BCUT2D eigenvalue weighted by molar-refractivity contribution is -0.385. The van der Waals surface area contributed by atoms with Crippen molar-refractivity contribution < 1.29 is 14.2 Å². The Morgan fingerprint density at radius 3 is 2.59 bits per heavy atom. The van der Waals surface area contributed by atoms with Gasteiger partial charge in [-0.2, -0.15) is 10.1 Å². The lowest BCUT2D eigenvalue weighted by Gasteiger charge is -2.05. The molecule has 0 aliphatic carbocycles. The first-order chi connectivity index (χ1) is 14.1. The van der Waals surface area contributed by atoms with E-state index >= 15 is 0 Å². The molecule has 0 atom stereocenters. The lowest BCUT2D eigenvalue weighted by Crippen LogP contribution is -2.18. The molecule has 0 fully saturated rings. The van der Waals surface area contributed by atoms with Crippen molar-refractivity contribution in [2.75, 3.05) is 5.32 Å². The minimum Gasteiger partial charge on any atom is -0.334 e. The average molecular weight is 391 g/mol. The van der Waals surface area contributed by atoms with E-state index in [9.17, 15) is 14.9 Å². The molecule has 29 heavy (non-hydrogen) atoms. The van der Waals surface area contributed by atoms with Crippen LogP contribution in [0.25, 0.3) is 22.8 Å². The van der Waals surface area contributed by atoms with E-state index in [1.54, 1.807) is 48.8 Å². The highest BCUT2D eigenvalue weighted by atomic mass is 16.6. The smallest absolute Gasteiger partial charge is 0.307 e. The van der Waals surface area contributed by atoms with Crippen LogP contribution in [0.15, 0.2) is 65.7 Å². The quantitative estimate of drug-likeness (QED) is 0.390. The second-order valence-electron chi connectivity index (χ2n) is 5.94. The molecule has 11 nitrogen and oxygen atoms in total. The number of nitrogens with one attached hydrogen (secondary N) is 1. The van der Waals surface area contributed by atoms with Crippen molar-refractivity contribution in [3.8, 4) is 22.8 Å². The second-order valence-corrected chi connectivity index (χ2v) is 5.94. The molecule has 3 heterocycles. The molecule has 0 bridgehead atoms. The number of carbonyl (C=O) groups is 1. The van der Waals surface area contributed by atoms with Crippen molar-refractivity contribution in [1.29, 1.82) is 0 Å². The van der Waals surface area contributed by atoms with E-state index in [1.807, 2.05) is 0 Å². The number of hydrogen-bond acceptors (Lipinski definition) is 8. The minimum atomic E-state index is -0.571. The van der Waals surface area contributed by atoms with E-state index in [0.717, 1.165) is 17.3 Å². The molecule has 1 amide bonds. The number of anilines is 1. The number of amides is 1. The summed E-state index contributed by atoms with van der Waals surface area (Å²) in [6, 6.07) is 10.4. The Hall–Kier alpha value is -4.41. The largest absolute Gasteiger partial charge is 0.334 e. The highest BCUT2D eigenvalue weighted by molar-refractivity contribution is 5.90. The van der Waals surface area contributed by atoms with Crippen LogP contribution in [-0.2, 0) is 11.3 Å². The molecule has 0 aliphatic heterocycles. The maximum Gasteiger partial charge on any atom is 0.307 e. The normalized spacial score (nSPS) is 10.6. The van der Waals surface area contributed by atoms with Gasteiger partial charge >= 0.3 is 5.69 Å². The fourth-order valence-electron chi connectivity index (χ4n) is 2.54. The highest BCUT2D eigenvalue weighted by Crippen LogP contribution is 2.23. The molecule has 1 N–H and O–H groups in total. The van der Waals surface area contributed by atoms with Crippen LogP contribution in [0, 0.1) is 10.1 Å². The average Bonchev–Trinajstić information content (AvgIpc) is 3.39. The standard InChI is InChI=1S/C18H13N7O4/c26-16(11-24-10-15(9-20-24)25(27)28)21-14-3-1-12(2-4-14)17-22-18(29-23-17)13-5-7-19-8-6-13/h1-10H,11H2,(H,21,26). The van der Waals surface area contributed by atoms with E-state index in [-0.39, 0.29) is 18.1 Å². The van der Waals surface area contributed by atoms with Gasteiger partial charge in [-0.05, 0) is 36.4 Å². The number of benzene rings is 1. The summed E-state index contributed by atoms with van der Waals surface area (Å²) in [6.45, 7) is -0.143. The van der Waals surface area contributed by atoms with Crippen LogP contribution in [0.4, 0.5) is 11.4 Å². The summed E-state index contributed by atoms with van der Waals surface area (Å²) >= 11 is 0. The summed E-state index contributed by atoms with van der Waals surface area (Å²) in [5.41, 5.74) is 1.86. The van der Waals surface area contributed by atoms with Crippen molar-refractivity contribution in [1.82, 2.24) is 24.9 Å². The molecular weight excluding hydrogens is 378 g/mol. The van der Waals surface area contributed by atoms with Gasteiger partial charge in [0.2, 0.25) is 11.7 Å². The maximum atomic E-state index is 12.1. The Morgan fingerprint density at radius 1 is 1.14 bits per heavy atom. The molecule has 0 saturated heterocycles. The first-order valence-corrected chi connectivity index (χ1v) is 8.40. The molecule has 0 aliphatic rings. The molecule has 4 rings (SSSR count). The number of hydrogen-bond donors (Lipinski definition) is 1. The maximum absolute atomic E-state index is 12.1. The molecule has 0 saturated carbocycles. The van der Waals surface area contributed by atoms with Gasteiger partial charge in [0.1, 0.15) is 18.9 Å². The molecule has 11 heteroatoms. The van der Waals surface area contributed by atoms with Gasteiger partial charge in [0.05, 0.1) is 4.92 Å². The van der Waals surface area contributed by atoms with Gasteiger partial charge in [-0.15, -0.1) is 0 Å². The van der Waals surface area contributed by atoms with Gasteiger partial charge in [0.25, 0.3) is 5.89 Å². The molecule has 0 spiro atoms. The topological polar surface area (TPSA) is 142 Å². The zero-order chi connectivity index (χ0) is 20.2. The van der Waals surface area contributed by atoms with Gasteiger partial charge in [-0.25, -0.2) is 0 Å². The molecule has 4 aromatic rings. The van der Waals surface area contributed by atoms with E-state index in [2.05, 4.69) is 25.5 Å². The van der Waals surface area contributed by atoms with Crippen molar-refractivity contribution in [2.45, 2.75) is 6.54 Å². The van der Waals surface area contributed by atoms with Gasteiger partial charge < -0.3 is 9.84 Å². The van der Waals surface area contributed by atoms with Gasteiger partial charge in [0.15, 0.2) is 0 Å². The molecule has 3 aromatic heterocycles. The number of carbonyl (C=O) groups excluding carboxylic acids is 1. The molecule has 0 radical (unpaired) electrons. The first kappa shape index (κ1) is 18.0. The van der Waals surface area contributed by atoms with Crippen LogP contribution in [-0.4, -0.2) is 35.7 Å². The molecule has 0 unspecified atom stereocenters. The number of rotatable bonds is 6. The summed E-state index contributed by atoms with van der Waals surface area (Å²) in [4.78, 5) is 30.5. The van der Waals surface area contributed by atoms with Crippen molar-refractivity contribution in [3.63, 3.8) is 0 Å². The summed E-state index contributed by atoms with van der Waals surface area (Å²) < 4.78 is 6.47. The third-order valence-electron chi connectivity index (χ3n) is 3.92. The van der Waals surface area contributed by atoms with Crippen molar-refractivity contribution in [3.05, 3.63) is 71.3 Å².